The summed E-state index contributed by atoms with van der Waals surface area (Å²) in [6, 6.07) is 3.77. The molecule has 1 heterocycles. The average Bonchev–Trinajstić information content (AvgIpc) is 2.64. The van der Waals surface area contributed by atoms with Gasteiger partial charge < -0.3 is 5.32 Å². The molecule has 1 atom stereocenters. The third-order valence-electron chi connectivity index (χ3n) is 3.18. The van der Waals surface area contributed by atoms with Crippen molar-refractivity contribution >= 4 is 34.8 Å². The van der Waals surface area contributed by atoms with Crippen molar-refractivity contribution in [2.75, 3.05) is 5.32 Å². The maximum absolute atomic E-state index is 11.3. The van der Waals surface area contributed by atoms with E-state index >= 15 is 0 Å². The first kappa shape index (κ1) is 13.7. The van der Waals surface area contributed by atoms with E-state index in [0.29, 0.717) is 17.4 Å². The lowest BCUT2D eigenvalue weighted by atomic mass is 10.00. The number of benzene rings is 1. The van der Waals surface area contributed by atoms with Gasteiger partial charge in [0, 0.05) is 10.7 Å². The van der Waals surface area contributed by atoms with Crippen molar-refractivity contribution in [2.24, 2.45) is 5.92 Å². The van der Waals surface area contributed by atoms with E-state index in [1.165, 1.54) is 0 Å². The van der Waals surface area contributed by atoms with Gasteiger partial charge in [0.05, 0.1) is 11.8 Å². The third-order valence-corrected chi connectivity index (χ3v) is 3.96. The molecule has 0 fully saturated rings. The van der Waals surface area contributed by atoms with Gasteiger partial charge in [-0.05, 0) is 36.0 Å². The molecule has 4 heteroatoms. The Morgan fingerprint density at radius 1 is 1.33 bits per heavy atom. The van der Waals surface area contributed by atoms with Gasteiger partial charge in [-0.3, -0.25) is 4.79 Å². The molecule has 2 rings (SSSR count). The molecule has 0 saturated carbocycles. The van der Waals surface area contributed by atoms with E-state index < -0.39 is 0 Å². The molecule has 0 radical (unpaired) electrons. The second-order valence-electron chi connectivity index (χ2n) is 5.19. The normalized spacial score (nSPS) is 15.7. The topological polar surface area (TPSA) is 29.1 Å². The molecule has 1 amide bonds. The minimum absolute atomic E-state index is 0.0199. The molecule has 1 aromatic carbocycles. The molecule has 1 aliphatic heterocycles. The van der Waals surface area contributed by atoms with E-state index in [2.05, 4.69) is 19.2 Å². The quantitative estimate of drug-likeness (QED) is 0.808. The highest BCUT2D eigenvalue weighted by Crippen LogP contribution is 2.37. The van der Waals surface area contributed by atoms with Crippen LogP contribution in [0.1, 0.15) is 43.2 Å². The molecule has 0 saturated heterocycles. The monoisotopic (exact) mass is 285 g/mol. The van der Waals surface area contributed by atoms with Crippen LogP contribution in [0.15, 0.2) is 12.1 Å². The van der Waals surface area contributed by atoms with Crippen molar-refractivity contribution in [2.45, 2.75) is 38.5 Å². The number of anilines is 1. The summed E-state index contributed by atoms with van der Waals surface area (Å²) in [7, 11) is 0. The average molecular weight is 286 g/mol. The Bertz CT molecular complexity index is 471. The predicted octanol–water partition coefficient (Wildman–Crippen LogP) is 4.55. The number of halogens is 2. The summed E-state index contributed by atoms with van der Waals surface area (Å²) >= 11 is 12.6. The maximum atomic E-state index is 11.3. The van der Waals surface area contributed by atoms with Gasteiger partial charge in [-0.1, -0.05) is 31.5 Å². The third kappa shape index (κ3) is 2.99. The van der Waals surface area contributed by atoms with E-state index in [9.17, 15) is 4.79 Å². The Hall–Kier alpha value is -0.730. The molecule has 1 aromatic rings. The van der Waals surface area contributed by atoms with Crippen molar-refractivity contribution in [3.63, 3.8) is 0 Å². The van der Waals surface area contributed by atoms with Crippen LogP contribution in [-0.2, 0) is 11.2 Å². The van der Waals surface area contributed by atoms with Crippen molar-refractivity contribution < 1.29 is 4.79 Å². The molecule has 0 spiro atoms. The van der Waals surface area contributed by atoms with Gasteiger partial charge >= 0.3 is 0 Å². The first-order valence-corrected chi connectivity index (χ1v) is 7.05. The van der Waals surface area contributed by atoms with Crippen LogP contribution in [0.3, 0.4) is 0 Å². The lowest BCUT2D eigenvalue weighted by Gasteiger charge is -2.14. The highest BCUT2D eigenvalue weighted by atomic mass is 35.5. The second-order valence-corrected chi connectivity index (χ2v) is 6.13. The van der Waals surface area contributed by atoms with Gasteiger partial charge in [-0.15, -0.1) is 11.6 Å². The fourth-order valence-corrected chi connectivity index (χ4v) is 2.80. The zero-order valence-electron chi connectivity index (χ0n) is 10.6. The van der Waals surface area contributed by atoms with Crippen molar-refractivity contribution in [1.82, 2.24) is 0 Å². The Balaban J connectivity index is 2.19. The van der Waals surface area contributed by atoms with Crippen LogP contribution in [0.4, 0.5) is 5.69 Å². The fraction of sp³-hybridized carbons (Fsp3) is 0.500. The molecular weight excluding hydrogens is 269 g/mol. The van der Waals surface area contributed by atoms with Gasteiger partial charge in [0.2, 0.25) is 5.91 Å². The molecule has 1 N–H and O–H groups in total. The van der Waals surface area contributed by atoms with Gasteiger partial charge in [0.1, 0.15) is 0 Å². The van der Waals surface area contributed by atoms with E-state index in [1.807, 2.05) is 12.1 Å². The minimum atomic E-state index is -0.0825. The summed E-state index contributed by atoms with van der Waals surface area (Å²) in [5, 5.41) is 3.34. The van der Waals surface area contributed by atoms with Crippen LogP contribution in [0, 0.1) is 5.92 Å². The summed E-state index contributed by atoms with van der Waals surface area (Å²) in [5.74, 6) is 0.647. The number of amides is 1. The lowest BCUT2D eigenvalue weighted by molar-refractivity contribution is -0.115. The molecule has 1 unspecified atom stereocenters. The van der Waals surface area contributed by atoms with Crippen molar-refractivity contribution in [1.29, 1.82) is 0 Å². The second kappa shape index (κ2) is 5.50. The molecule has 98 valence electrons. The highest BCUT2D eigenvalue weighted by molar-refractivity contribution is 6.33. The summed E-state index contributed by atoms with van der Waals surface area (Å²) in [6.45, 7) is 4.35. The number of hydrogen-bond acceptors (Lipinski definition) is 1. The van der Waals surface area contributed by atoms with Crippen LogP contribution in [0.5, 0.6) is 0 Å². The smallest absolute Gasteiger partial charge is 0.228 e. The number of carbonyl (C=O) groups is 1. The van der Waals surface area contributed by atoms with Crippen LogP contribution in [0.25, 0.3) is 0 Å². The number of hydrogen-bond donors (Lipinski definition) is 1. The maximum Gasteiger partial charge on any atom is 0.228 e. The Morgan fingerprint density at radius 2 is 2.06 bits per heavy atom. The van der Waals surface area contributed by atoms with E-state index in [0.717, 1.165) is 29.7 Å². The van der Waals surface area contributed by atoms with Gasteiger partial charge in [-0.25, -0.2) is 0 Å². The molecule has 0 bridgehead atoms. The molecule has 2 nitrogen and oxygen atoms in total. The Labute approximate surface area is 118 Å². The zero-order valence-corrected chi connectivity index (χ0v) is 12.1. The van der Waals surface area contributed by atoms with Crippen molar-refractivity contribution in [3.05, 3.63) is 28.3 Å². The van der Waals surface area contributed by atoms with Gasteiger partial charge in [0.15, 0.2) is 0 Å². The predicted molar refractivity (Wildman–Crippen MR) is 76.5 cm³/mol. The molecule has 1 aliphatic rings. The summed E-state index contributed by atoms with van der Waals surface area (Å²) in [4.78, 5) is 11.3. The number of carbonyl (C=O) groups excluding carboxylic acids is 1. The lowest BCUT2D eigenvalue weighted by Crippen LogP contribution is -2.03. The summed E-state index contributed by atoms with van der Waals surface area (Å²) < 4.78 is 0. The fourth-order valence-electron chi connectivity index (χ4n) is 2.14. The first-order chi connectivity index (χ1) is 8.47. The molecule has 0 aromatic heterocycles. The van der Waals surface area contributed by atoms with Gasteiger partial charge in [0.25, 0.3) is 0 Å². The Morgan fingerprint density at radius 3 is 2.72 bits per heavy atom. The SMILES string of the molecule is CC(C)CCC(Cl)c1cc2c(cc1Cl)NC(=O)C2. The Kier molecular flexibility index (Phi) is 4.18. The van der Waals surface area contributed by atoms with Crippen LogP contribution < -0.4 is 5.32 Å². The first-order valence-electron chi connectivity index (χ1n) is 6.23. The number of rotatable bonds is 4. The van der Waals surface area contributed by atoms with Crippen LogP contribution >= 0.6 is 23.2 Å². The largest absolute Gasteiger partial charge is 0.325 e. The highest BCUT2D eigenvalue weighted by Gasteiger charge is 2.22. The summed E-state index contributed by atoms with van der Waals surface area (Å²) in [5.41, 5.74) is 2.75. The standard InChI is InChI=1S/C14H17Cl2NO/c1-8(2)3-4-11(15)10-5-9-6-14(18)17-13(9)7-12(10)16/h5,7-8,11H,3-4,6H2,1-2H3,(H,17,18). The van der Waals surface area contributed by atoms with E-state index in [-0.39, 0.29) is 11.3 Å². The molecular formula is C14H17Cl2NO. The summed E-state index contributed by atoms with van der Waals surface area (Å²) in [6.07, 6.45) is 2.39. The minimum Gasteiger partial charge on any atom is -0.325 e. The molecule has 0 aliphatic carbocycles. The zero-order chi connectivity index (χ0) is 13.3. The molecule has 18 heavy (non-hydrogen) atoms. The van der Waals surface area contributed by atoms with E-state index in [4.69, 9.17) is 23.2 Å². The van der Waals surface area contributed by atoms with Crippen molar-refractivity contribution in [3.8, 4) is 0 Å². The number of alkyl halides is 1. The number of nitrogens with one attached hydrogen (secondary N) is 1. The van der Waals surface area contributed by atoms with Gasteiger partial charge in [-0.2, -0.15) is 0 Å². The van der Waals surface area contributed by atoms with Crippen LogP contribution in [-0.4, -0.2) is 5.91 Å². The van der Waals surface area contributed by atoms with Crippen LogP contribution in [0.2, 0.25) is 5.02 Å². The number of fused-ring (bicyclic) bond motifs is 1. The van der Waals surface area contributed by atoms with E-state index in [1.54, 1.807) is 0 Å².